The van der Waals surface area contributed by atoms with Gasteiger partial charge in [-0.2, -0.15) is 5.26 Å². The number of nitrogens with zero attached hydrogens (tertiary/aromatic N) is 6. The predicted molar refractivity (Wildman–Crippen MR) is 130 cm³/mol. The van der Waals surface area contributed by atoms with Gasteiger partial charge in [0.1, 0.15) is 6.07 Å². The molecule has 0 radical (unpaired) electrons. The number of nitriles is 1. The molecule has 168 valence electrons. The number of pyridine rings is 2. The molecule has 1 N–H and O–H groups in total. The lowest BCUT2D eigenvalue weighted by Crippen LogP contribution is -2.65. The molecule has 0 aliphatic carbocycles. The summed E-state index contributed by atoms with van der Waals surface area (Å²) in [5.41, 5.74) is 6.77. The Morgan fingerprint density at radius 1 is 1.06 bits per heavy atom. The second-order valence-electron chi connectivity index (χ2n) is 9.46. The lowest BCUT2D eigenvalue weighted by Gasteiger charge is -2.52. The molecule has 7 heteroatoms. The van der Waals surface area contributed by atoms with Gasteiger partial charge in [0.2, 0.25) is 0 Å². The number of hydrogen-bond acceptors (Lipinski definition) is 7. The van der Waals surface area contributed by atoms with Crippen LogP contribution in [0.4, 0.5) is 11.4 Å². The number of piperazine rings is 2. The van der Waals surface area contributed by atoms with Gasteiger partial charge in [0.15, 0.2) is 0 Å². The second kappa shape index (κ2) is 8.29. The molecule has 3 aromatic rings. The molecule has 3 aliphatic heterocycles. The van der Waals surface area contributed by atoms with E-state index < -0.39 is 0 Å². The zero-order valence-corrected chi connectivity index (χ0v) is 19.0. The smallest absolute Gasteiger partial charge is 0.101 e. The molecule has 0 spiro atoms. The number of fused-ring (bicyclic) bond motifs is 3. The Morgan fingerprint density at radius 2 is 1.97 bits per heavy atom. The fourth-order valence-electron chi connectivity index (χ4n) is 5.97. The standard InChI is InChI=1S/C26H29N7/c1-18-15-32(24-5-4-19(11-27)26-23(24)3-2-7-30-26)17-21-16-31(9-10-33(18)21)25-14-29-13-20-12-28-8-6-22(20)25/h2-5,7,13-14,18,21,28H,6,8-10,12,15-17H2,1H3/t18-,21+/m1/s1. The van der Waals surface area contributed by atoms with Gasteiger partial charge in [0.05, 0.1) is 23.0 Å². The Kier molecular flexibility index (Phi) is 5.12. The van der Waals surface area contributed by atoms with Crippen LogP contribution in [-0.4, -0.2) is 66.2 Å². The van der Waals surface area contributed by atoms with Crippen molar-refractivity contribution in [1.29, 1.82) is 5.26 Å². The maximum atomic E-state index is 9.53. The summed E-state index contributed by atoms with van der Waals surface area (Å²) in [5, 5.41) is 14.1. The van der Waals surface area contributed by atoms with Crippen molar-refractivity contribution >= 4 is 22.3 Å². The van der Waals surface area contributed by atoms with Gasteiger partial charge in [-0.1, -0.05) is 0 Å². The van der Waals surface area contributed by atoms with E-state index in [9.17, 15) is 5.26 Å². The highest BCUT2D eigenvalue weighted by molar-refractivity contribution is 5.95. The quantitative estimate of drug-likeness (QED) is 0.658. The summed E-state index contributed by atoms with van der Waals surface area (Å²) in [6, 6.07) is 11.3. The Morgan fingerprint density at radius 3 is 2.88 bits per heavy atom. The molecule has 0 unspecified atom stereocenters. The SMILES string of the molecule is C[C@@H]1CN(c2ccc(C#N)c3ncccc23)C[C@@H]2CN(c3cncc4c3CCNC4)CCN21. The minimum absolute atomic E-state index is 0.447. The molecular formula is C26H29N7. The molecule has 0 bridgehead atoms. The number of anilines is 2. The molecule has 5 heterocycles. The van der Waals surface area contributed by atoms with Crippen LogP contribution in [0.15, 0.2) is 42.9 Å². The van der Waals surface area contributed by atoms with E-state index in [0.29, 0.717) is 17.6 Å². The molecule has 2 aromatic heterocycles. The average Bonchev–Trinajstić information content (AvgIpc) is 2.87. The molecular weight excluding hydrogens is 410 g/mol. The Balaban J connectivity index is 1.30. The van der Waals surface area contributed by atoms with Crippen molar-refractivity contribution in [1.82, 2.24) is 20.2 Å². The van der Waals surface area contributed by atoms with Crippen LogP contribution in [0.1, 0.15) is 23.6 Å². The van der Waals surface area contributed by atoms with E-state index in [1.165, 1.54) is 22.5 Å². The van der Waals surface area contributed by atoms with Crippen molar-refractivity contribution in [2.45, 2.75) is 32.0 Å². The summed E-state index contributed by atoms with van der Waals surface area (Å²) in [5.74, 6) is 0. The molecule has 0 saturated carbocycles. The number of benzene rings is 1. The molecule has 2 saturated heterocycles. The molecule has 33 heavy (non-hydrogen) atoms. The number of aromatic nitrogens is 2. The van der Waals surface area contributed by atoms with Crippen molar-refractivity contribution in [3.8, 4) is 6.07 Å². The first kappa shape index (κ1) is 20.4. The highest BCUT2D eigenvalue weighted by Crippen LogP contribution is 2.33. The summed E-state index contributed by atoms with van der Waals surface area (Å²) in [4.78, 5) is 16.8. The van der Waals surface area contributed by atoms with Crippen molar-refractivity contribution < 1.29 is 0 Å². The fourth-order valence-corrected chi connectivity index (χ4v) is 5.97. The highest BCUT2D eigenvalue weighted by atomic mass is 15.4. The van der Waals surface area contributed by atoms with E-state index in [2.05, 4.69) is 61.3 Å². The third-order valence-electron chi connectivity index (χ3n) is 7.55. The average molecular weight is 440 g/mol. The third kappa shape index (κ3) is 3.50. The van der Waals surface area contributed by atoms with Crippen molar-refractivity contribution in [3.05, 3.63) is 59.5 Å². The third-order valence-corrected chi connectivity index (χ3v) is 7.55. The molecule has 6 rings (SSSR count). The van der Waals surface area contributed by atoms with Crippen LogP contribution in [0.3, 0.4) is 0 Å². The molecule has 1 aromatic carbocycles. The maximum Gasteiger partial charge on any atom is 0.101 e. The van der Waals surface area contributed by atoms with Gasteiger partial charge in [0, 0.05) is 74.8 Å². The van der Waals surface area contributed by atoms with Crippen LogP contribution >= 0.6 is 0 Å². The summed E-state index contributed by atoms with van der Waals surface area (Å²) in [7, 11) is 0. The molecule has 2 atom stereocenters. The van der Waals surface area contributed by atoms with E-state index in [0.717, 1.165) is 63.1 Å². The highest BCUT2D eigenvalue weighted by Gasteiger charge is 2.37. The number of nitrogens with one attached hydrogen (secondary N) is 1. The van der Waals surface area contributed by atoms with Crippen LogP contribution in [0, 0.1) is 11.3 Å². The van der Waals surface area contributed by atoms with Gasteiger partial charge in [-0.25, -0.2) is 0 Å². The minimum Gasteiger partial charge on any atom is -0.368 e. The summed E-state index contributed by atoms with van der Waals surface area (Å²) in [6.45, 7) is 9.41. The maximum absolute atomic E-state index is 9.53. The zero-order chi connectivity index (χ0) is 22.4. The molecule has 0 amide bonds. The Bertz CT molecular complexity index is 1230. The van der Waals surface area contributed by atoms with Gasteiger partial charge < -0.3 is 15.1 Å². The van der Waals surface area contributed by atoms with Gasteiger partial charge in [-0.05, 0) is 55.3 Å². The number of rotatable bonds is 2. The van der Waals surface area contributed by atoms with Crippen LogP contribution < -0.4 is 15.1 Å². The lowest BCUT2D eigenvalue weighted by molar-refractivity contribution is 0.108. The first-order valence-corrected chi connectivity index (χ1v) is 11.9. The van der Waals surface area contributed by atoms with Gasteiger partial charge in [-0.3, -0.25) is 14.9 Å². The molecule has 7 nitrogen and oxygen atoms in total. The Hall–Kier alpha value is -3.21. The second-order valence-corrected chi connectivity index (χ2v) is 9.46. The topological polar surface area (TPSA) is 71.3 Å². The van der Waals surface area contributed by atoms with Gasteiger partial charge in [-0.15, -0.1) is 0 Å². The van der Waals surface area contributed by atoms with E-state index in [1.54, 1.807) is 6.20 Å². The molecule has 2 fully saturated rings. The van der Waals surface area contributed by atoms with Gasteiger partial charge in [0.25, 0.3) is 0 Å². The number of hydrogen-bond donors (Lipinski definition) is 1. The van der Waals surface area contributed by atoms with Crippen LogP contribution in [0.2, 0.25) is 0 Å². The van der Waals surface area contributed by atoms with Gasteiger partial charge >= 0.3 is 0 Å². The minimum atomic E-state index is 0.447. The summed E-state index contributed by atoms with van der Waals surface area (Å²) >= 11 is 0. The summed E-state index contributed by atoms with van der Waals surface area (Å²) < 4.78 is 0. The van der Waals surface area contributed by atoms with Crippen molar-refractivity contribution in [2.75, 3.05) is 49.1 Å². The van der Waals surface area contributed by atoms with E-state index in [1.807, 2.05) is 18.3 Å². The Labute approximate surface area is 194 Å². The van der Waals surface area contributed by atoms with Crippen LogP contribution in [0.5, 0.6) is 0 Å². The van der Waals surface area contributed by atoms with Crippen LogP contribution in [-0.2, 0) is 13.0 Å². The molecule has 3 aliphatic rings. The van der Waals surface area contributed by atoms with E-state index >= 15 is 0 Å². The predicted octanol–water partition coefficient (Wildman–Crippen LogP) is 2.55. The summed E-state index contributed by atoms with van der Waals surface area (Å²) in [6.07, 6.45) is 6.95. The normalized spacial score (nSPS) is 23.2. The first-order valence-electron chi connectivity index (χ1n) is 11.9. The monoisotopic (exact) mass is 439 g/mol. The zero-order valence-electron chi connectivity index (χ0n) is 19.0. The first-order chi connectivity index (χ1) is 16.2. The fraction of sp³-hybridized carbons (Fsp3) is 0.423. The van der Waals surface area contributed by atoms with Crippen LogP contribution in [0.25, 0.3) is 10.9 Å². The lowest BCUT2D eigenvalue weighted by atomic mass is 9.98. The van der Waals surface area contributed by atoms with Crippen molar-refractivity contribution in [3.63, 3.8) is 0 Å². The van der Waals surface area contributed by atoms with Crippen molar-refractivity contribution in [2.24, 2.45) is 0 Å². The van der Waals surface area contributed by atoms with E-state index in [4.69, 9.17) is 0 Å². The largest absolute Gasteiger partial charge is 0.368 e. The van der Waals surface area contributed by atoms with E-state index in [-0.39, 0.29) is 0 Å².